The van der Waals surface area contributed by atoms with Crippen LogP contribution in [0.5, 0.6) is 0 Å². The number of carbonyl (C=O) groups excluding carboxylic acids is 3. The molecule has 0 bridgehead atoms. The van der Waals surface area contributed by atoms with Crippen molar-refractivity contribution >= 4 is 41.6 Å². The summed E-state index contributed by atoms with van der Waals surface area (Å²) in [6.07, 6.45) is -0.530. The quantitative estimate of drug-likeness (QED) is 0.0619. The van der Waals surface area contributed by atoms with Crippen LogP contribution in [-0.2, 0) is 55.1 Å². The molecule has 0 aromatic rings. The molecule has 0 saturated carbocycles. The van der Waals surface area contributed by atoms with Crippen molar-refractivity contribution in [1.29, 1.82) is 0 Å². The van der Waals surface area contributed by atoms with Crippen molar-refractivity contribution in [3.63, 3.8) is 0 Å². The minimum absolute atomic E-state index is 0.216. The zero-order valence-electron chi connectivity index (χ0n) is 24.3. The number of ether oxygens (including phenoxy) is 2. The number of hydrogen-bond acceptors (Lipinski definition) is 14. The van der Waals surface area contributed by atoms with Crippen molar-refractivity contribution in [2.24, 2.45) is 0 Å². The van der Waals surface area contributed by atoms with Crippen LogP contribution < -0.4 is 16.0 Å². The largest absolute Gasteiger partial charge is 0.472 e. The predicted molar refractivity (Wildman–Crippen MR) is 147 cm³/mol. The maximum Gasteiger partial charge on any atom is 0.472 e. The van der Waals surface area contributed by atoms with E-state index in [0.717, 1.165) is 21.3 Å². The fourth-order valence-electron chi connectivity index (χ4n) is 2.91. The average molecular weight is 689 g/mol. The van der Waals surface area contributed by atoms with E-state index < -0.39 is 66.9 Å². The van der Waals surface area contributed by atoms with Crippen LogP contribution in [0.1, 0.15) is 38.5 Å². The zero-order valence-corrected chi connectivity index (χ0v) is 27.0. The van der Waals surface area contributed by atoms with Gasteiger partial charge in [0.15, 0.2) is 0 Å². The molecule has 254 valence electrons. The maximum atomic E-state index is 12.5. The lowest BCUT2D eigenvalue weighted by Gasteiger charge is -2.22. The number of rotatable bonds is 24. The first kappa shape index (κ1) is 41.3. The Morgan fingerprint density at radius 3 is 1.74 bits per heavy atom. The van der Waals surface area contributed by atoms with Crippen LogP contribution in [0.15, 0.2) is 0 Å². The fraction of sp³-hybridized carbons (Fsp3) is 0.850. The first-order chi connectivity index (χ1) is 20.1. The number of hydrogen-bond donors (Lipinski definition) is 6. The van der Waals surface area contributed by atoms with Crippen molar-refractivity contribution in [3.05, 3.63) is 0 Å². The van der Waals surface area contributed by atoms with Crippen LogP contribution in [0.2, 0.25) is 0 Å². The van der Waals surface area contributed by atoms with Gasteiger partial charge in [-0.25, -0.2) is 23.3 Å². The maximum absolute atomic E-state index is 12.5. The van der Waals surface area contributed by atoms with Crippen LogP contribution >= 0.6 is 23.5 Å². The van der Waals surface area contributed by atoms with Crippen molar-refractivity contribution in [3.8, 4) is 0 Å². The summed E-state index contributed by atoms with van der Waals surface area (Å²) in [5, 5.41) is 7.62. The molecule has 43 heavy (non-hydrogen) atoms. The van der Waals surface area contributed by atoms with Gasteiger partial charge in [0.1, 0.15) is 12.1 Å². The highest BCUT2D eigenvalue weighted by atomic mass is 31.2. The Morgan fingerprint density at radius 2 is 1.21 bits per heavy atom. The summed E-state index contributed by atoms with van der Waals surface area (Å²) in [6, 6.07) is -0.875. The van der Waals surface area contributed by atoms with Crippen molar-refractivity contribution in [2.45, 2.75) is 50.7 Å². The molecule has 4 atom stereocenters. The molecule has 0 spiro atoms. The van der Waals surface area contributed by atoms with Crippen LogP contribution in [0, 0.1) is 0 Å². The standard InChI is InChI=1S/C20H42N3O17P3/c1-33-19(25)22-12-8-6-10-17(23-20(26)34-2)18(24)21-11-7-5-9-13-37-43(31,32)40-16(14-38-41(27,28)35-3)15-39-42(29,30)36-4/h16-17H,5-15H2,1-4H3,(H,21,24)(H,22,25)(H,23,26)(H,27,28)(H,29,30)(H,31,32). The Hall–Kier alpha value is -1.66. The molecule has 0 aliphatic rings. The van der Waals surface area contributed by atoms with E-state index in [2.05, 4.69) is 43.5 Å². The third-order valence-corrected chi connectivity index (χ3v) is 8.08. The minimum atomic E-state index is -4.79. The molecule has 0 aromatic carbocycles. The Bertz CT molecular complexity index is 960. The highest BCUT2D eigenvalue weighted by Gasteiger charge is 2.32. The van der Waals surface area contributed by atoms with Crippen molar-refractivity contribution < 1.29 is 79.4 Å². The van der Waals surface area contributed by atoms with E-state index in [0.29, 0.717) is 32.2 Å². The number of unbranched alkanes of at least 4 members (excludes halogenated alkanes) is 3. The number of phosphoric ester groups is 3. The molecular weight excluding hydrogens is 647 g/mol. The van der Waals surface area contributed by atoms with Gasteiger partial charge in [0.2, 0.25) is 5.91 Å². The lowest BCUT2D eigenvalue weighted by molar-refractivity contribution is -0.123. The van der Waals surface area contributed by atoms with Gasteiger partial charge in [-0.1, -0.05) is 0 Å². The highest BCUT2D eigenvalue weighted by Crippen LogP contribution is 2.48. The number of alkyl carbamates (subject to hydrolysis) is 2. The number of amides is 3. The van der Waals surface area contributed by atoms with Crippen LogP contribution in [0.25, 0.3) is 0 Å². The molecule has 0 rings (SSSR count). The Balaban J connectivity index is 4.60. The normalized spacial score (nSPS) is 16.9. The van der Waals surface area contributed by atoms with E-state index in [1.165, 1.54) is 7.11 Å². The Morgan fingerprint density at radius 1 is 0.674 bits per heavy atom. The lowest BCUT2D eigenvalue weighted by atomic mass is 10.1. The topological polar surface area (TPSA) is 273 Å². The summed E-state index contributed by atoms with van der Waals surface area (Å²) < 4.78 is 71.6. The van der Waals surface area contributed by atoms with Gasteiger partial charge in [0, 0.05) is 27.3 Å². The molecular formula is C20H42N3O17P3. The molecule has 0 fully saturated rings. The predicted octanol–water partition coefficient (Wildman–Crippen LogP) is 1.55. The van der Waals surface area contributed by atoms with E-state index in [-0.39, 0.29) is 26.0 Å². The zero-order chi connectivity index (χ0) is 32.9. The summed E-state index contributed by atoms with van der Waals surface area (Å²) >= 11 is 0. The van der Waals surface area contributed by atoms with E-state index in [1.807, 2.05) is 0 Å². The fourth-order valence-corrected chi connectivity index (χ4v) is 4.75. The van der Waals surface area contributed by atoms with E-state index in [9.17, 15) is 42.8 Å². The molecule has 0 aliphatic heterocycles. The average Bonchev–Trinajstić information content (AvgIpc) is 2.96. The first-order valence-corrected chi connectivity index (χ1v) is 17.2. The van der Waals surface area contributed by atoms with Crippen LogP contribution in [-0.4, -0.2) is 106 Å². The van der Waals surface area contributed by atoms with E-state index >= 15 is 0 Å². The van der Waals surface area contributed by atoms with Gasteiger partial charge in [-0.15, -0.1) is 0 Å². The summed E-state index contributed by atoms with van der Waals surface area (Å²) in [4.78, 5) is 63.9. The van der Waals surface area contributed by atoms with Gasteiger partial charge < -0.3 is 40.1 Å². The number of methoxy groups -OCH3 is 2. The van der Waals surface area contributed by atoms with E-state index in [1.54, 1.807) is 0 Å². The van der Waals surface area contributed by atoms with Gasteiger partial charge in [-0.2, -0.15) is 0 Å². The molecule has 20 nitrogen and oxygen atoms in total. The molecule has 4 unspecified atom stereocenters. The highest BCUT2D eigenvalue weighted by molar-refractivity contribution is 7.48. The molecule has 23 heteroatoms. The number of phosphoric acid groups is 3. The second-order valence-corrected chi connectivity index (χ2v) is 12.9. The Kier molecular flexibility index (Phi) is 21.1. The molecule has 0 saturated heterocycles. The molecule has 0 heterocycles. The first-order valence-electron chi connectivity index (χ1n) is 12.8. The molecule has 3 amide bonds. The van der Waals surface area contributed by atoms with Crippen molar-refractivity contribution in [2.75, 3.05) is 61.3 Å². The van der Waals surface area contributed by atoms with Crippen LogP contribution in [0.3, 0.4) is 0 Å². The monoisotopic (exact) mass is 689 g/mol. The minimum Gasteiger partial charge on any atom is -0.453 e. The Labute approximate surface area is 249 Å². The van der Waals surface area contributed by atoms with Gasteiger partial charge >= 0.3 is 35.7 Å². The smallest absolute Gasteiger partial charge is 0.453 e. The third-order valence-electron chi connectivity index (χ3n) is 5.13. The third kappa shape index (κ3) is 21.6. The van der Waals surface area contributed by atoms with Gasteiger partial charge in [0.05, 0.1) is 34.0 Å². The lowest BCUT2D eigenvalue weighted by Crippen LogP contribution is -2.47. The van der Waals surface area contributed by atoms with Gasteiger partial charge in [-0.3, -0.25) is 31.9 Å². The second-order valence-electron chi connectivity index (χ2n) is 8.38. The molecule has 0 aliphatic carbocycles. The van der Waals surface area contributed by atoms with Crippen molar-refractivity contribution in [1.82, 2.24) is 16.0 Å². The van der Waals surface area contributed by atoms with Crippen LogP contribution in [0.4, 0.5) is 9.59 Å². The molecule has 6 N–H and O–H groups in total. The second kappa shape index (κ2) is 21.9. The van der Waals surface area contributed by atoms with Gasteiger partial charge in [0.25, 0.3) is 0 Å². The van der Waals surface area contributed by atoms with E-state index in [4.69, 9.17) is 9.05 Å². The van der Waals surface area contributed by atoms with Gasteiger partial charge in [-0.05, 0) is 38.5 Å². The molecule has 0 aromatic heterocycles. The number of nitrogens with one attached hydrogen (secondary N) is 3. The SMILES string of the molecule is COC(=O)NCCCCC(NC(=O)OC)C(=O)NCCCCCOP(=O)(O)OC(COP(=O)(O)OC)COP(=O)(O)OC. The number of carbonyl (C=O) groups is 3. The summed E-state index contributed by atoms with van der Waals surface area (Å²) in [6.45, 7) is -1.43. The molecule has 0 radical (unpaired) electrons. The summed E-state index contributed by atoms with van der Waals surface area (Å²) in [7, 11) is -9.69. The summed E-state index contributed by atoms with van der Waals surface area (Å²) in [5.41, 5.74) is 0. The summed E-state index contributed by atoms with van der Waals surface area (Å²) in [5.74, 6) is -0.451.